The summed E-state index contributed by atoms with van der Waals surface area (Å²) in [5, 5.41) is 0. The van der Waals surface area contributed by atoms with E-state index in [4.69, 9.17) is 0 Å². The second-order valence-electron chi connectivity index (χ2n) is 2.33. The molecule has 5 nitrogen and oxygen atoms in total. The Kier molecular flexibility index (Phi) is 3.28. The van der Waals surface area contributed by atoms with Crippen molar-refractivity contribution in [2.45, 2.75) is 18.9 Å². The zero-order valence-electron chi connectivity index (χ0n) is 6.42. The topological polar surface area (TPSA) is 59.6 Å². The van der Waals surface area contributed by atoms with Crippen LogP contribution < -0.4 is 10.9 Å². The van der Waals surface area contributed by atoms with Gasteiger partial charge < -0.3 is 0 Å². The fourth-order valence-corrected chi connectivity index (χ4v) is 0.979. The molecule has 5 heteroatoms. The number of rotatable bonds is 2. The highest BCUT2D eigenvalue weighted by molar-refractivity contribution is 5.75. The summed E-state index contributed by atoms with van der Waals surface area (Å²) >= 11 is 0. The smallest absolute Gasteiger partial charge is 0.297 e. The number of carbonyl (C=O) groups is 1. The Balaban J connectivity index is 2.27. The van der Waals surface area contributed by atoms with Gasteiger partial charge in [-0.1, -0.05) is 0 Å². The van der Waals surface area contributed by atoms with Crippen LogP contribution in [0, 0.1) is 0 Å². The first-order valence-electron chi connectivity index (χ1n) is 3.57. The molecule has 1 rings (SSSR count). The van der Waals surface area contributed by atoms with Gasteiger partial charge in [0.1, 0.15) is 6.04 Å². The van der Waals surface area contributed by atoms with Crippen LogP contribution in [-0.4, -0.2) is 25.7 Å². The van der Waals surface area contributed by atoms with E-state index in [1.807, 2.05) is 0 Å². The van der Waals surface area contributed by atoms with Crippen LogP contribution in [-0.2, 0) is 14.6 Å². The number of hydrazine groups is 1. The minimum absolute atomic E-state index is 0.274. The molecule has 1 aliphatic heterocycles. The maximum absolute atomic E-state index is 10.9. The lowest BCUT2D eigenvalue weighted by molar-refractivity contribution is -0.257. The normalized spacial score (nSPS) is 24.6. The first kappa shape index (κ1) is 8.45. The molecule has 0 aromatic heterocycles. The van der Waals surface area contributed by atoms with Crippen LogP contribution in [0.1, 0.15) is 12.8 Å². The van der Waals surface area contributed by atoms with Gasteiger partial charge in [0.15, 0.2) is 0 Å². The average Bonchev–Trinajstić information content (AvgIpc) is 2.07. The number of hydrogen-bond donors (Lipinski definition) is 2. The van der Waals surface area contributed by atoms with E-state index in [2.05, 4.69) is 20.6 Å². The Hall–Kier alpha value is -0.650. The zero-order chi connectivity index (χ0) is 8.10. The minimum Gasteiger partial charge on any atom is -0.297 e. The lowest BCUT2D eigenvalue weighted by atomic mass is 10.1. The monoisotopic (exact) mass is 160 g/mol. The Morgan fingerprint density at radius 3 is 3.00 bits per heavy atom. The van der Waals surface area contributed by atoms with Crippen molar-refractivity contribution in [2.75, 3.05) is 13.7 Å². The molecule has 2 N–H and O–H groups in total. The van der Waals surface area contributed by atoms with Crippen LogP contribution in [0.5, 0.6) is 0 Å². The molecule has 0 saturated carbocycles. The van der Waals surface area contributed by atoms with Gasteiger partial charge in [-0.15, -0.1) is 0 Å². The van der Waals surface area contributed by atoms with Gasteiger partial charge >= 0.3 is 5.97 Å². The highest BCUT2D eigenvalue weighted by atomic mass is 17.2. The van der Waals surface area contributed by atoms with Crippen LogP contribution >= 0.6 is 0 Å². The Bertz CT molecular complexity index is 134. The average molecular weight is 160 g/mol. The molecule has 0 bridgehead atoms. The predicted molar refractivity (Wildman–Crippen MR) is 37.3 cm³/mol. The van der Waals surface area contributed by atoms with Crippen molar-refractivity contribution in [1.29, 1.82) is 0 Å². The van der Waals surface area contributed by atoms with Crippen molar-refractivity contribution in [3.05, 3.63) is 0 Å². The summed E-state index contributed by atoms with van der Waals surface area (Å²) in [6, 6.07) is -0.274. The van der Waals surface area contributed by atoms with Gasteiger partial charge in [0, 0.05) is 6.54 Å². The molecule has 1 aliphatic rings. The van der Waals surface area contributed by atoms with Gasteiger partial charge in [0.05, 0.1) is 7.11 Å². The lowest BCUT2D eigenvalue weighted by Crippen LogP contribution is -2.50. The SMILES string of the molecule is COOC(=O)C1CCCNN1. The van der Waals surface area contributed by atoms with Gasteiger partial charge in [0.2, 0.25) is 0 Å². The van der Waals surface area contributed by atoms with E-state index in [-0.39, 0.29) is 12.0 Å². The molecule has 0 spiro atoms. The van der Waals surface area contributed by atoms with Gasteiger partial charge in [-0.05, 0) is 12.8 Å². The van der Waals surface area contributed by atoms with Crippen LogP contribution in [0.25, 0.3) is 0 Å². The van der Waals surface area contributed by atoms with Crippen molar-refractivity contribution in [2.24, 2.45) is 0 Å². The van der Waals surface area contributed by atoms with E-state index in [1.165, 1.54) is 7.11 Å². The Labute approximate surface area is 64.9 Å². The summed E-state index contributed by atoms with van der Waals surface area (Å²) in [6.07, 6.45) is 1.76. The summed E-state index contributed by atoms with van der Waals surface area (Å²) in [7, 11) is 1.31. The van der Waals surface area contributed by atoms with Crippen LogP contribution in [0.15, 0.2) is 0 Å². The zero-order valence-corrected chi connectivity index (χ0v) is 6.42. The third kappa shape index (κ3) is 2.45. The lowest BCUT2D eigenvalue weighted by Gasteiger charge is -2.21. The summed E-state index contributed by atoms with van der Waals surface area (Å²) in [5.74, 6) is -0.375. The Morgan fingerprint density at radius 2 is 2.45 bits per heavy atom. The fraction of sp³-hybridized carbons (Fsp3) is 0.833. The molecule has 0 aromatic rings. The molecular weight excluding hydrogens is 148 g/mol. The van der Waals surface area contributed by atoms with Gasteiger partial charge in [-0.2, -0.15) is 4.89 Å². The number of nitrogens with one attached hydrogen (secondary N) is 2. The van der Waals surface area contributed by atoms with Gasteiger partial charge in [0.25, 0.3) is 0 Å². The first-order chi connectivity index (χ1) is 5.34. The quantitative estimate of drug-likeness (QED) is 0.415. The molecule has 1 saturated heterocycles. The van der Waals surface area contributed by atoms with Crippen LogP contribution in [0.2, 0.25) is 0 Å². The number of hydrogen-bond acceptors (Lipinski definition) is 5. The molecule has 64 valence electrons. The third-order valence-corrected chi connectivity index (χ3v) is 1.52. The van der Waals surface area contributed by atoms with Crippen LogP contribution in [0.4, 0.5) is 0 Å². The van der Waals surface area contributed by atoms with E-state index in [9.17, 15) is 4.79 Å². The largest absolute Gasteiger partial charge is 0.360 e. The highest BCUT2D eigenvalue weighted by Gasteiger charge is 2.22. The summed E-state index contributed by atoms with van der Waals surface area (Å²) in [4.78, 5) is 19.5. The standard InChI is InChI=1S/C6H12N2O3/c1-10-11-6(9)5-3-2-4-7-8-5/h5,7-8H,2-4H2,1H3. The van der Waals surface area contributed by atoms with Crippen molar-refractivity contribution in [1.82, 2.24) is 10.9 Å². The highest BCUT2D eigenvalue weighted by Crippen LogP contribution is 2.01. The van der Waals surface area contributed by atoms with E-state index in [0.29, 0.717) is 0 Å². The molecular formula is C6H12N2O3. The Morgan fingerprint density at radius 1 is 1.64 bits per heavy atom. The fourth-order valence-electron chi connectivity index (χ4n) is 0.979. The maximum atomic E-state index is 10.9. The molecule has 11 heavy (non-hydrogen) atoms. The maximum Gasteiger partial charge on any atom is 0.360 e. The molecule has 0 aromatic carbocycles. The molecule has 1 heterocycles. The summed E-state index contributed by atoms with van der Waals surface area (Å²) < 4.78 is 0. The van der Waals surface area contributed by atoms with E-state index in [0.717, 1.165) is 19.4 Å². The first-order valence-corrected chi connectivity index (χ1v) is 3.57. The van der Waals surface area contributed by atoms with Crippen molar-refractivity contribution >= 4 is 5.97 Å². The molecule has 0 amide bonds. The second-order valence-corrected chi connectivity index (χ2v) is 2.33. The predicted octanol–water partition coefficient (Wildman–Crippen LogP) is -0.652. The van der Waals surface area contributed by atoms with Crippen molar-refractivity contribution < 1.29 is 14.6 Å². The molecule has 0 aliphatic carbocycles. The molecule has 1 atom stereocenters. The van der Waals surface area contributed by atoms with E-state index >= 15 is 0 Å². The molecule has 1 fully saturated rings. The van der Waals surface area contributed by atoms with Gasteiger partial charge in [-0.25, -0.2) is 10.2 Å². The minimum atomic E-state index is -0.375. The summed E-state index contributed by atoms with van der Waals surface area (Å²) in [5.41, 5.74) is 5.67. The second kappa shape index (κ2) is 4.27. The van der Waals surface area contributed by atoms with Crippen molar-refractivity contribution in [3.63, 3.8) is 0 Å². The molecule has 0 radical (unpaired) electrons. The third-order valence-electron chi connectivity index (χ3n) is 1.52. The van der Waals surface area contributed by atoms with Crippen LogP contribution in [0.3, 0.4) is 0 Å². The van der Waals surface area contributed by atoms with E-state index < -0.39 is 0 Å². The number of carbonyl (C=O) groups excluding carboxylic acids is 1. The van der Waals surface area contributed by atoms with Gasteiger partial charge in [-0.3, -0.25) is 10.3 Å². The van der Waals surface area contributed by atoms with E-state index in [1.54, 1.807) is 0 Å². The molecule has 1 unspecified atom stereocenters. The van der Waals surface area contributed by atoms with Crippen molar-refractivity contribution in [3.8, 4) is 0 Å². The summed E-state index contributed by atoms with van der Waals surface area (Å²) in [6.45, 7) is 0.886.